The van der Waals surface area contributed by atoms with Crippen molar-refractivity contribution < 1.29 is 22.0 Å². The summed E-state index contributed by atoms with van der Waals surface area (Å²) in [5.74, 6) is -1.89. The van der Waals surface area contributed by atoms with Gasteiger partial charge in [0.05, 0.1) is 46.3 Å². The van der Waals surface area contributed by atoms with E-state index < -0.39 is 21.5 Å². The number of nitrogens with zero attached hydrogens (tertiary/aromatic N) is 1. The zero-order chi connectivity index (χ0) is 21.0. The Morgan fingerprint density at radius 3 is 2.47 bits per heavy atom. The fourth-order valence-corrected chi connectivity index (χ4v) is 5.46. The number of pyridine rings is 1. The molecule has 3 heterocycles. The Labute approximate surface area is 170 Å². The molecule has 0 saturated heterocycles. The van der Waals surface area contributed by atoms with E-state index in [1.54, 1.807) is 18.2 Å². The van der Waals surface area contributed by atoms with Crippen molar-refractivity contribution in [3.8, 4) is 11.3 Å². The molecule has 0 spiro atoms. The van der Waals surface area contributed by atoms with Crippen LogP contribution in [-0.4, -0.2) is 19.3 Å². The number of benzene rings is 2. The smallest absolute Gasteiger partial charge is 0.255 e. The third kappa shape index (κ3) is 3.11. The molecule has 5 rings (SSSR count). The molecule has 0 aliphatic carbocycles. The lowest BCUT2D eigenvalue weighted by Crippen LogP contribution is -2.13. The van der Waals surface area contributed by atoms with Gasteiger partial charge in [-0.1, -0.05) is 12.1 Å². The van der Waals surface area contributed by atoms with E-state index >= 15 is 0 Å². The average molecular weight is 427 g/mol. The zero-order valence-corrected chi connectivity index (χ0v) is 16.3. The number of aromatic nitrogens is 1. The first-order chi connectivity index (χ1) is 14.3. The van der Waals surface area contributed by atoms with Crippen LogP contribution in [0.2, 0.25) is 0 Å². The Balaban J connectivity index is 1.61. The molecule has 9 heteroatoms. The molecule has 0 fully saturated rings. The third-order valence-corrected chi connectivity index (χ3v) is 6.69. The van der Waals surface area contributed by atoms with Crippen molar-refractivity contribution in [3.63, 3.8) is 0 Å². The van der Waals surface area contributed by atoms with Crippen LogP contribution in [0.3, 0.4) is 0 Å². The maximum absolute atomic E-state index is 14.3. The van der Waals surface area contributed by atoms with Crippen molar-refractivity contribution >= 4 is 27.1 Å². The largest absolute Gasteiger partial charge is 0.355 e. The van der Waals surface area contributed by atoms with Crippen molar-refractivity contribution in [2.75, 3.05) is 5.32 Å². The molecule has 2 aliphatic heterocycles. The highest BCUT2D eigenvalue weighted by atomic mass is 32.2. The van der Waals surface area contributed by atoms with E-state index in [2.05, 4.69) is 15.6 Å². The van der Waals surface area contributed by atoms with Crippen LogP contribution in [0.5, 0.6) is 0 Å². The number of halogens is 2. The summed E-state index contributed by atoms with van der Waals surface area (Å²) in [6.45, 7) is 0.148. The molecule has 152 valence electrons. The summed E-state index contributed by atoms with van der Waals surface area (Å²) in [6.07, 6.45) is 0. The maximum Gasteiger partial charge on any atom is 0.255 e. The minimum atomic E-state index is -3.15. The Bertz CT molecular complexity index is 1320. The van der Waals surface area contributed by atoms with Crippen LogP contribution in [0.25, 0.3) is 11.3 Å². The first-order valence-electron chi connectivity index (χ1n) is 9.16. The number of rotatable bonds is 3. The summed E-state index contributed by atoms with van der Waals surface area (Å²) in [6, 6.07) is 10.1. The molecule has 0 saturated carbocycles. The second-order valence-corrected chi connectivity index (χ2v) is 9.36. The van der Waals surface area contributed by atoms with E-state index in [1.807, 2.05) is 0 Å². The van der Waals surface area contributed by atoms with Gasteiger partial charge in [-0.2, -0.15) is 0 Å². The Morgan fingerprint density at radius 2 is 1.70 bits per heavy atom. The van der Waals surface area contributed by atoms with Crippen LogP contribution in [0, 0.1) is 11.6 Å². The van der Waals surface area contributed by atoms with Crippen molar-refractivity contribution in [2.45, 2.75) is 18.1 Å². The Morgan fingerprint density at radius 1 is 0.967 bits per heavy atom. The molecule has 2 N–H and O–H groups in total. The predicted octanol–water partition coefficient (Wildman–Crippen LogP) is 3.44. The van der Waals surface area contributed by atoms with E-state index in [9.17, 15) is 22.0 Å². The van der Waals surface area contributed by atoms with Gasteiger partial charge < -0.3 is 10.6 Å². The first-order valence-corrected chi connectivity index (χ1v) is 11.0. The van der Waals surface area contributed by atoms with Crippen LogP contribution < -0.4 is 10.6 Å². The van der Waals surface area contributed by atoms with Gasteiger partial charge in [0.2, 0.25) is 0 Å². The zero-order valence-electron chi connectivity index (χ0n) is 15.5. The molecule has 30 heavy (non-hydrogen) atoms. The van der Waals surface area contributed by atoms with Gasteiger partial charge in [-0.3, -0.25) is 4.79 Å². The number of sulfone groups is 1. The molecule has 0 atom stereocenters. The topological polar surface area (TPSA) is 88.2 Å². The third-order valence-electron chi connectivity index (χ3n) is 5.19. The summed E-state index contributed by atoms with van der Waals surface area (Å²) in [4.78, 5) is 16.6. The van der Waals surface area contributed by atoms with E-state index in [4.69, 9.17) is 0 Å². The minimum Gasteiger partial charge on any atom is -0.355 e. The summed E-state index contributed by atoms with van der Waals surface area (Å²) >= 11 is 0. The summed E-state index contributed by atoms with van der Waals surface area (Å²) in [5, 5.41) is 5.76. The molecule has 0 unspecified atom stereocenters. The quantitative estimate of drug-likeness (QED) is 0.669. The lowest BCUT2D eigenvalue weighted by Gasteiger charge is -2.14. The van der Waals surface area contributed by atoms with Crippen molar-refractivity contribution in [3.05, 3.63) is 76.5 Å². The monoisotopic (exact) mass is 427 g/mol. The summed E-state index contributed by atoms with van der Waals surface area (Å²) in [5.41, 5.74) is 2.81. The van der Waals surface area contributed by atoms with Gasteiger partial charge >= 0.3 is 0 Å². The second-order valence-electron chi connectivity index (χ2n) is 7.30. The SMILES string of the molecule is O=C1NCc2nc(-c3c(F)cccc3F)cc(Nc3ccc4c(c3)CS(=O)(=O)C4)c21. The number of fused-ring (bicyclic) bond motifs is 2. The standard InChI is InChI=1S/C21H15F2N3O3S/c22-14-2-1-3-15(23)19(14)16-7-17(20-18(26-16)8-24-21(20)27)25-13-5-4-11-9-30(28,29)10-12(11)6-13/h1-7H,8-10H2,(H,24,27)(H,25,26). The minimum absolute atomic E-state index is 0.00633. The molecule has 2 aliphatic rings. The molecule has 3 aromatic rings. The number of carbonyl (C=O) groups is 1. The average Bonchev–Trinajstić information content (AvgIpc) is 3.19. The molecular formula is C21H15F2N3O3S. The number of nitrogens with one attached hydrogen (secondary N) is 2. The first kappa shape index (κ1) is 18.7. The van der Waals surface area contributed by atoms with E-state index in [0.29, 0.717) is 28.2 Å². The second kappa shape index (κ2) is 6.60. The lowest BCUT2D eigenvalue weighted by atomic mass is 10.0. The molecular weight excluding hydrogens is 412 g/mol. The van der Waals surface area contributed by atoms with E-state index in [1.165, 1.54) is 12.1 Å². The maximum atomic E-state index is 14.3. The normalized spacial score (nSPS) is 16.1. The fraction of sp³-hybridized carbons (Fsp3) is 0.143. The van der Waals surface area contributed by atoms with Gasteiger partial charge in [-0.15, -0.1) is 0 Å². The van der Waals surface area contributed by atoms with E-state index in [0.717, 1.165) is 17.7 Å². The molecule has 1 amide bonds. The Kier molecular flexibility index (Phi) is 4.11. The van der Waals surface area contributed by atoms with Gasteiger partial charge in [-0.25, -0.2) is 22.2 Å². The summed E-state index contributed by atoms with van der Waals surface area (Å²) < 4.78 is 52.3. The van der Waals surface area contributed by atoms with Gasteiger partial charge in [0.25, 0.3) is 5.91 Å². The lowest BCUT2D eigenvalue weighted by molar-refractivity contribution is 0.0966. The number of carbonyl (C=O) groups excluding carboxylic acids is 1. The van der Waals surface area contributed by atoms with Crippen LogP contribution >= 0.6 is 0 Å². The fourth-order valence-electron chi connectivity index (χ4n) is 3.86. The Hall–Kier alpha value is -3.33. The van der Waals surface area contributed by atoms with Gasteiger partial charge in [0.1, 0.15) is 11.6 Å². The molecule has 1 aromatic heterocycles. The van der Waals surface area contributed by atoms with Gasteiger partial charge in [-0.05, 0) is 41.5 Å². The van der Waals surface area contributed by atoms with Gasteiger partial charge in [0.15, 0.2) is 9.84 Å². The van der Waals surface area contributed by atoms with Crippen LogP contribution in [-0.2, 0) is 27.9 Å². The highest BCUT2D eigenvalue weighted by molar-refractivity contribution is 7.90. The number of hydrogen-bond acceptors (Lipinski definition) is 5. The van der Waals surface area contributed by atoms with Crippen LogP contribution in [0.1, 0.15) is 27.2 Å². The molecule has 0 radical (unpaired) electrons. The van der Waals surface area contributed by atoms with Crippen LogP contribution in [0.4, 0.5) is 20.2 Å². The molecule has 6 nitrogen and oxygen atoms in total. The molecule has 0 bridgehead atoms. The number of anilines is 2. The van der Waals surface area contributed by atoms with Crippen molar-refractivity contribution in [1.82, 2.24) is 10.3 Å². The van der Waals surface area contributed by atoms with Crippen molar-refractivity contribution in [2.24, 2.45) is 0 Å². The number of hydrogen-bond donors (Lipinski definition) is 2. The van der Waals surface area contributed by atoms with Crippen molar-refractivity contribution in [1.29, 1.82) is 0 Å². The highest BCUT2D eigenvalue weighted by Gasteiger charge is 2.28. The molecule has 2 aromatic carbocycles. The predicted molar refractivity (Wildman–Crippen MR) is 107 cm³/mol. The van der Waals surface area contributed by atoms with Gasteiger partial charge in [0, 0.05) is 5.69 Å². The van der Waals surface area contributed by atoms with E-state index in [-0.39, 0.29) is 35.2 Å². The number of amides is 1. The highest BCUT2D eigenvalue weighted by Crippen LogP contribution is 2.34. The van der Waals surface area contributed by atoms with Crippen LogP contribution in [0.15, 0.2) is 42.5 Å². The summed E-state index contributed by atoms with van der Waals surface area (Å²) in [7, 11) is -3.15.